The highest BCUT2D eigenvalue weighted by Gasteiger charge is 2.51. The van der Waals surface area contributed by atoms with Crippen molar-refractivity contribution in [3.8, 4) is 11.5 Å². The molecular formula is C54H79NO20. The number of allylic oxidation sites excluding steroid dienone is 12. The molecule has 4 rings (SSSR count). The van der Waals surface area contributed by atoms with Crippen molar-refractivity contribution in [1.82, 2.24) is 0 Å². The first kappa shape index (κ1) is 64.3. The van der Waals surface area contributed by atoms with E-state index in [-0.39, 0.29) is 48.7 Å². The van der Waals surface area contributed by atoms with Gasteiger partial charge < -0.3 is 91.1 Å². The van der Waals surface area contributed by atoms with Gasteiger partial charge >= 0.3 is 11.9 Å². The average Bonchev–Trinajstić information content (AvgIpc) is 3.33. The highest BCUT2D eigenvalue weighted by molar-refractivity contribution is 5.80. The van der Waals surface area contributed by atoms with Gasteiger partial charge in [0.05, 0.1) is 85.2 Å². The smallest absolute Gasteiger partial charge is 0.311 e. The third-order valence-electron chi connectivity index (χ3n) is 13.2. The normalized spacial score (nSPS) is 40.7. The number of para-hydroxylation sites is 1. The molecule has 0 spiro atoms. The van der Waals surface area contributed by atoms with Gasteiger partial charge in [0, 0.05) is 37.5 Å². The number of aliphatic carboxylic acids is 1. The Hall–Kier alpha value is -4.95. The van der Waals surface area contributed by atoms with Crippen LogP contribution in [-0.4, -0.2) is 182 Å². The molecule has 75 heavy (non-hydrogen) atoms. The number of cyclic esters (lactones) is 1. The number of hydrogen-bond donors (Lipinski definition) is 14. The maximum absolute atomic E-state index is 12.6. The largest absolute Gasteiger partial charge is 0.504 e. The van der Waals surface area contributed by atoms with Gasteiger partial charge in [-0.25, -0.2) is 0 Å². The molecule has 420 valence electrons. The Morgan fingerprint density at radius 2 is 1.28 bits per heavy atom. The third-order valence-corrected chi connectivity index (χ3v) is 13.2. The molecule has 3 aliphatic heterocycles. The van der Waals surface area contributed by atoms with E-state index in [1.54, 1.807) is 80.7 Å². The summed E-state index contributed by atoms with van der Waals surface area (Å²) in [6.07, 6.45) is 3.94. The standard InChI is InChI=1S/C47H73NO17.C7H6O3/c1-27-17-15-13-11-9-7-5-6-8-10-12-14-16-18-34(64-46-44(58)41(48)43(57)30(4)63-46)24-38-40(45(59)60)37(54)26-47(61,65-38)25-33(51)22-36(53)35(52)20-19-31(49)21-32(50)23-39(55)62-29(3)28(2)42(27)56;8-4-5-2-1-3-6(9)7(5)10/h5-18,27-38,40-44,46,49-54,56-58,61H,19-26,48H2,1-4H3,(H,59,60);1-4,9-10H/b6-5+,9-7+,10-8+,13-11+,14-12+,17-15+,18-16+;/t27-,28-,29-,30+,31+,32+,33-,34-,35+,36+,37-,38-,40+,41-,42+,43+,44-,46-,47+;/m0./s1. The minimum absolute atomic E-state index is 0.0972. The Labute approximate surface area is 437 Å². The Morgan fingerprint density at radius 1 is 0.693 bits per heavy atom. The lowest BCUT2D eigenvalue weighted by Crippen LogP contribution is -2.61. The lowest BCUT2D eigenvalue weighted by Gasteiger charge is -2.45. The van der Waals surface area contributed by atoms with Gasteiger partial charge in [0.15, 0.2) is 29.9 Å². The fourth-order valence-corrected chi connectivity index (χ4v) is 8.61. The number of ether oxygens (including phenoxy) is 4. The Kier molecular flexibility index (Phi) is 27.4. The predicted octanol–water partition coefficient (Wildman–Crippen LogP) is 1.62. The highest BCUT2D eigenvalue weighted by atomic mass is 16.7. The van der Waals surface area contributed by atoms with Crippen molar-refractivity contribution in [3.63, 3.8) is 0 Å². The number of fused-ring (bicyclic) bond motifs is 2. The van der Waals surface area contributed by atoms with Gasteiger partial charge in [-0.05, 0) is 45.2 Å². The van der Waals surface area contributed by atoms with Crippen LogP contribution < -0.4 is 5.73 Å². The minimum atomic E-state index is -2.33. The van der Waals surface area contributed by atoms with Crippen LogP contribution in [0.3, 0.4) is 0 Å². The second kappa shape index (κ2) is 31.9. The molecule has 2 fully saturated rings. The van der Waals surface area contributed by atoms with Crippen LogP contribution in [-0.2, 0) is 28.5 Å². The van der Waals surface area contributed by atoms with Crippen LogP contribution in [0.4, 0.5) is 0 Å². The maximum Gasteiger partial charge on any atom is 0.311 e. The fourth-order valence-electron chi connectivity index (χ4n) is 8.61. The number of carbonyl (C=O) groups is 3. The van der Waals surface area contributed by atoms with Crippen LogP contribution in [0.5, 0.6) is 11.5 Å². The number of carbonyl (C=O) groups excluding carboxylic acids is 2. The number of aliphatic hydroxyl groups excluding tert-OH is 9. The molecule has 0 radical (unpaired) electrons. The van der Waals surface area contributed by atoms with Crippen molar-refractivity contribution in [2.75, 3.05) is 0 Å². The van der Waals surface area contributed by atoms with Crippen LogP contribution in [0.2, 0.25) is 0 Å². The van der Waals surface area contributed by atoms with Gasteiger partial charge in [-0.1, -0.05) is 105 Å². The van der Waals surface area contributed by atoms with Gasteiger partial charge in [0.1, 0.15) is 18.1 Å². The SMILES string of the molecule is C[C@@H]1[C@H](O)[C@@H](C)/C=C/C=C/C=C/C=C/C=C/C=C/C=C/[C@H](O[C@@H]2O[C@H](C)[C@@H](O)[C@H](N)[C@@H]2O)C[C@@H]2O[C@](O)(C[C@@H](O)C[C@@H](O)[C@H](O)CC[C@@H](O)C[C@@H](O)CC(=O)O[C@H]1C)C[C@H](O)[C@H]2C(=O)O.O=Cc1cccc(O)c1O. The van der Waals surface area contributed by atoms with Gasteiger partial charge in [-0.3, -0.25) is 14.4 Å². The Balaban J connectivity index is 0.00000132. The van der Waals surface area contributed by atoms with Crippen molar-refractivity contribution in [1.29, 1.82) is 0 Å². The molecule has 0 aromatic heterocycles. The number of nitrogens with two attached hydrogens (primary N) is 1. The number of carboxylic acids is 1. The lowest BCUT2D eigenvalue weighted by molar-refractivity contribution is -0.308. The summed E-state index contributed by atoms with van der Waals surface area (Å²) in [4.78, 5) is 35.2. The average molecular weight is 1060 g/mol. The van der Waals surface area contributed by atoms with Crippen LogP contribution in [0, 0.1) is 17.8 Å². The monoisotopic (exact) mass is 1060 g/mol. The highest BCUT2D eigenvalue weighted by Crippen LogP contribution is 2.38. The molecule has 0 saturated carbocycles. The van der Waals surface area contributed by atoms with E-state index in [1.165, 1.54) is 31.2 Å². The number of esters is 1. The number of phenolic OH excluding ortho intramolecular Hbond substituents is 2. The fraction of sp³-hybridized carbons (Fsp3) is 0.574. The second-order valence-electron chi connectivity index (χ2n) is 19.4. The van der Waals surface area contributed by atoms with E-state index in [9.17, 15) is 70.6 Å². The van der Waals surface area contributed by atoms with Gasteiger partial charge in [-0.2, -0.15) is 0 Å². The Morgan fingerprint density at radius 3 is 1.85 bits per heavy atom. The van der Waals surface area contributed by atoms with Crippen molar-refractivity contribution >= 4 is 18.2 Å². The number of aromatic hydroxyl groups is 2. The summed E-state index contributed by atoms with van der Waals surface area (Å²) in [5, 5.41) is 136. The van der Waals surface area contributed by atoms with E-state index in [4.69, 9.17) is 34.9 Å². The second-order valence-corrected chi connectivity index (χ2v) is 19.4. The van der Waals surface area contributed by atoms with Gasteiger partial charge in [-0.15, -0.1) is 0 Å². The van der Waals surface area contributed by atoms with Crippen LogP contribution in [0.1, 0.15) is 89.4 Å². The first-order chi connectivity index (χ1) is 35.4. The van der Waals surface area contributed by atoms with Crippen molar-refractivity contribution in [2.24, 2.45) is 23.5 Å². The lowest BCUT2D eigenvalue weighted by atomic mass is 9.82. The summed E-state index contributed by atoms with van der Waals surface area (Å²) >= 11 is 0. The number of carboxylic acid groups (broad SMARTS) is 1. The number of benzene rings is 1. The number of rotatable bonds is 4. The topological polar surface area (TPSA) is 377 Å². The Bertz CT molecular complexity index is 2130. The molecule has 21 heteroatoms. The number of aldehydes is 1. The van der Waals surface area contributed by atoms with E-state index < -0.39 is 147 Å². The molecule has 21 nitrogen and oxygen atoms in total. The molecule has 3 aliphatic rings. The number of aliphatic hydroxyl groups is 10. The molecular weight excluding hydrogens is 983 g/mol. The molecule has 2 saturated heterocycles. The summed E-state index contributed by atoms with van der Waals surface area (Å²) in [5.74, 6) is -7.46. The molecule has 2 bridgehead atoms. The van der Waals surface area contributed by atoms with E-state index in [0.717, 1.165) is 0 Å². The van der Waals surface area contributed by atoms with E-state index in [1.807, 2.05) is 19.1 Å². The summed E-state index contributed by atoms with van der Waals surface area (Å²) in [6.45, 7) is 6.74. The van der Waals surface area contributed by atoms with E-state index in [2.05, 4.69) is 0 Å². The molecule has 19 atom stereocenters. The van der Waals surface area contributed by atoms with Crippen molar-refractivity contribution in [2.45, 2.75) is 177 Å². The summed E-state index contributed by atoms with van der Waals surface area (Å²) in [7, 11) is 0. The molecule has 0 unspecified atom stereocenters. The quantitative estimate of drug-likeness (QED) is 0.116. The molecule has 0 amide bonds. The molecule has 3 heterocycles. The van der Waals surface area contributed by atoms with Crippen molar-refractivity contribution in [3.05, 3.63) is 109 Å². The zero-order valence-corrected chi connectivity index (χ0v) is 42.7. The zero-order valence-electron chi connectivity index (χ0n) is 42.7. The third kappa shape index (κ3) is 21.5. The van der Waals surface area contributed by atoms with Crippen LogP contribution in [0.25, 0.3) is 0 Å². The van der Waals surface area contributed by atoms with Crippen LogP contribution in [0.15, 0.2) is 103 Å². The summed E-state index contributed by atoms with van der Waals surface area (Å²) < 4.78 is 23.1. The number of phenols is 2. The van der Waals surface area contributed by atoms with E-state index >= 15 is 0 Å². The molecule has 1 aromatic carbocycles. The minimum Gasteiger partial charge on any atom is -0.504 e. The summed E-state index contributed by atoms with van der Waals surface area (Å²) in [5.41, 5.74) is 6.11. The molecule has 0 aliphatic carbocycles. The van der Waals surface area contributed by atoms with Gasteiger partial charge in [0.2, 0.25) is 0 Å². The first-order valence-electron chi connectivity index (χ1n) is 25.0. The zero-order chi connectivity index (χ0) is 56.0. The summed E-state index contributed by atoms with van der Waals surface area (Å²) in [6, 6.07) is 3.06. The van der Waals surface area contributed by atoms with Crippen LogP contribution >= 0.6 is 0 Å². The molecule has 15 N–H and O–H groups in total. The number of hydrogen-bond acceptors (Lipinski definition) is 20. The van der Waals surface area contributed by atoms with Crippen molar-refractivity contribution < 1.29 is 99.7 Å². The predicted molar refractivity (Wildman–Crippen MR) is 272 cm³/mol. The first-order valence-corrected chi connectivity index (χ1v) is 25.0. The maximum atomic E-state index is 12.6. The van der Waals surface area contributed by atoms with Gasteiger partial charge in [0.25, 0.3) is 0 Å². The van der Waals surface area contributed by atoms with E-state index in [0.29, 0.717) is 6.29 Å². The molecule has 1 aromatic rings.